The number of esters is 1. The van der Waals surface area contributed by atoms with E-state index in [0.29, 0.717) is 23.0 Å². The summed E-state index contributed by atoms with van der Waals surface area (Å²) >= 11 is 7.64. The van der Waals surface area contributed by atoms with Crippen LogP contribution in [-0.4, -0.2) is 38.2 Å². The standard InChI is InChI=1S/C20H21ClN2O4S/c1-12(24)27-18-19(13-3-6-15(26-2)7-4-13)28-17-11-14(21)5-8-16(17)23(10-9-22)20(18)25/h3-8,11,18-19H,9-10,22H2,1-2H3/t18-,19+/m1/s1. The highest BCUT2D eigenvalue weighted by molar-refractivity contribution is 7.99. The summed E-state index contributed by atoms with van der Waals surface area (Å²) in [7, 11) is 1.59. The fourth-order valence-corrected chi connectivity index (χ4v) is 4.69. The number of amides is 1. The Hall–Kier alpha value is -2.22. The molecule has 0 unspecified atom stereocenters. The smallest absolute Gasteiger partial charge is 0.303 e. The number of anilines is 1. The molecule has 1 heterocycles. The van der Waals surface area contributed by atoms with Gasteiger partial charge in [-0.05, 0) is 35.9 Å². The Labute approximate surface area is 172 Å². The van der Waals surface area contributed by atoms with E-state index in [1.807, 2.05) is 30.3 Å². The summed E-state index contributed by atoms with van der Waals surface area (Å²) in [6.07, 6.45) is -0.992. The Morgan fingerprint density at radius 1 is 1.25 bits per heavy atom. The minimum atomic E-state index is -0.992. The molecule has 0 saturated heterocycles. The Morgan fingerprint density at radius 3 is 2.57 bits per heavy atom. The fourth-order valence-electron chi connectivity index (χ4n) is 3.09. The van der Waals surface area contributed by atoms with E-state index in [1.54, 1.807) is 24.1 Å². The van der Waals surface area contributed by atoms with Crippen molar-refractivity contribution in [2.45, 2.75) is 23.2 Å². The number of methoxy groups -OCH3 is 1. The van der Waals surface area contributed by atoms with Crippen molar-refractivity contribution in [1.82, 2.24) is 0 Å². The van der Waals surface area contributed by atoms with Crippen LogP contribution in [0.4, 0.5) is 5.69 Å². The van der Waals surface area contributed by atoms with E-state index in [9.17, 15) is 9.59 Å². The van der Waals surface area contributed by atoms with E-state index in [0.717, 1.165) is 10.5 Å². The number of fused-ring (bicyclic) bond motifs is 1. The maximum Gasteiger partial charge on any atom is 0.303 e. The van der Waals surface area contributed by atoms with Gasteiger partial charge >= 0.3 is 5.97 Å². The zero-order chi connectivity index (χ0) is 20.3. The average molecular weight is 421 g/mol. The van der Waals surface area contributed by atoms with Crippen molar-refractivity contribution in [3.05, 3.63) is 53.1 Å². The van der Waals surface area contributed by atoms with Crippen LogP contribution in [-0.2, 0) is 14.3 Å². The molecule has 1 aliphatic rings. The predicted octanol–water partition coefficient (Wildman–Crippen LogP) is 3.42. The van der Waals surface area contributed by atoms with Gasteiger partial charge in [-0.15, -0.1) is 11.8 Å². The zero-order valence-corrected chi connectivity index (χ0v) is 17.1. The van der Waals surface area contributed by atoms with E-state index in [4.69, 9.17) is 26.8 Å². The third-order valence-corrected chi connectivity index (χ3v) is 5.93. The maximum atomic E-state index is 13.3. The lowest BCUT2D eigenvalue weighted by Gasteiger charge is -2.27. The molecule has 1 aliphatic heterocycles. The van der Waals surface area contributed by atoms with Gasteiger partial charge in [-0.2, -0.15) is 0 Å². The van der Waals surface area contributed by atoms with Crippen molar-refractivity contribution in [3.8, 4) is 5.75 Å². The number of ether oxygens (including phenoxy) is 2. The number of nitrogens with zero attached hydrogens (tertiary/aromatic N) is 1. The van der Waals surface area contributed by atoms with Crippen molar-refractivity contribution in [3.63, 3.8) is 0 Å². The first-order chi connectivity index (χ1) is 13.4. The van der Waals surface area contributed by atoms with E-state index >= 15 is 0 Å². The van der Waals surface area contributed by atoms with Gasteiger partial charge < -0.3 is 20.1 Å². The topological polar surface area (TPSA) is 81.9 Å². The molecule has 2 N–H and O–H groups in total. The molecular weight excluding hydrogens is 400 g/mol. The van der Waals surface area contributed by atoms with E-state index in [2.05, 4.69) is 0 Å². The zero-order valence-electron chi connectivity index (χ0n) is 15.6. The monoisotopic (exact) mass is 420 g/mol. The van der Waals surface area contributed by atoms with Crippen LogP contribution in [0.15, 0.2) is 47.4 Å². The summed E-state index contributed by atoms with van der Waals surface area (Å²) in [5.41, 5.74) is 7.28. The molecule has 0 spiro atoms. The number of hydrogen-bond donors (Lipinski definition) is 1. The molecule has 0 aromatic heterocycles. The number of thioether (sulfide) groups is 1. The largest absolute Gasteiger partial charge is 0.497 e. The van der Waals surface area contributed by atoms with Crippen LogP contribution in [0.2, 0.25) is 5.02 Å². The number of rotatable bonds is 5. The van der Waals surface area contributed by atoms with Crippen LogP contribution in [0.25, 0.3) is 0 Å². The van der Waals surface area contributed by atoms with Gasteiger partial charge in [0, 0.05) is 29.9 Å². The molecule has 0 bridgehead atoms. The first kappa shape index (κ1) is 20.5. The number of benzene rings is 2. The maximum absolute atomic E-state index is 13.3. The van der Waals surface area contributed by atoms with Gasteiger partial charge in [0.1, 0.15) is 5.75 Å². The highest BCUT2D eigenvalue weighted by atomic mass is 35.5. The lowest BCUT2D eigenvalue weighted by atomic mass is 10.1. The van der Waals surface area contributed by atoms with E-state index in [-0.39, 0.29) is 12.5 Å². The molecule has 6 nitrogen and oxygen atoms in total. The minimum Gasteiger partial charge on any atom is -0.497 e. The average Bonchev–Trinajstić information content (AvgIpc) is 2.78. The molecule has 148 valence electrons. The lowest BCUT2D eigenvalue weighted by Crippen LogP contribution is -2.44. The van der Waals surface area contributed by atoms with Crippen molar-refractivity contribution in [2.24, 2.45) is 5.73 Å². The van der Waals surface area contributed by atoms with Crippen LogP contribution in [0.3, 0.4) is 0 Å². The van der Waals surface area contributed by atoms with Crippen molar-refractivity contribution in [1.29, 1.82) is 0 Å². The molecule has 0 radical (unpaired) electrons. The van der Waals surface area contributed by atoms with Gasteiger partial charge in [-0.25, -0.2) is 0 Å². The van der Waals surface area contributed by atoms with E-state index in [1.165, 1.54) is 18.7 Å². The Morgan fingerprint density at radius 2 is 1.96 bits per heavy atom. The summed E-state index contributed by atoms with van der Waals surface area (Å²) in [6, 6.07) is 12.7. The molecule has 3 rings (SSSR count). The molecule has 2 aromatic carbocycles. The van der Waals surface area contributed by atoms with Gasteiger partial charge in [-0.3, -0.25) is 9.59 Å². The van der Waals surface area contributed by atoms with Crippen LogP contribution in [0.5, 0.6) is 5.75 Å². The third-order valence-electron chi connectivity index (χ3n) is 4.34. The molecular formula is C20H21ClN2O4S. The molecule has 8 heteroatoms. The van der Waals surface area contributed by atoms with Gasteiger partial charge in [0.25, 0.3) is 5.91 Å². The SMILES string of the molecule is COc1ccc([C@@H]2Sc3cc(Cl)ccc3N(CCN)C(=O)[C@@H]2OC(C)=O)cc1. The highest BCUT2D eigenvalue weighted by Gasteiger charge is 2.40. The number of halogens is 1. The lowest BCUT2D eigenvalue weighted by molar-refractivity contribution is -0.152. The number of nitrogens with two attached hydrogens (primary N) is 1. The molecule has 28 heavy (non-hydrogen) atoms. The predicted molar refractivity (Wildman–Crippen MR) is 110 cm³/mol. The molecule has 0 saturated carbocycles. The van der Waals surface area contributed by atoms with Crippen molar-refractivity contribution < 1.29 is 19.1 Å². The van der Waals surface area contributed by atoms with Crippen LogP contribution in [0.1, 0.15) is 17.7 Å². The number of hydrogen-bond acceptors (Lipinski definition) is 6. The first-order valence-corrected chi connectivity index (χ1v) is 9.99. The van der Waals surface area contributed by atoms with Crippen LogP contribution in [0, 0.1) is 0 Å². The number of carbonyl (C=O) groups is 2. The molecule has 1 amide bonds. The Kier molecular flexibility index (Phi) is 6.49. The molecule has 0 fully saturated rings. The third kappa shape index (κ3) is 4.27. The highest BCUT2D eigenvalue weighted by Crippen LogP contribution is 2.47. The van der Waals surface area contributed by atoms with Gasteiger partial charge in [0.2, 0.25) is 0 Å². The van der Waals surface area contributed by atoms with Crippen molar-refractivity contribution in [2.75, 3.05) is 25.1 Å². The summed E-state index contributed by atoms with van der Waals surface area (Å²) in [4.78, 5) is 27.5. The second kappa shape index (κ2) is 8.86. The van der Waals surface area contributed by atoms with E-state index < -0.39 is 17.3 Å². The fraction of sp³-hybridized carbons (Fsp3) is 0.300. The molecule has 2 atom stereocenters. The molecule has 0 aliphatic carbocycles. The van der Waals surface area contributed by atoms with Gasteiger partial charge in [0.15, 0.2) is 6.10 Å². The second-order valence-corrected chi connectivity index (χ2v) is 7.85. The second-order valence-electron chi connectivity index (χ2n) is 6.23. The Balaban J connectivity index is 2.12. The summed E-state index contributed by atoms with van der Waals surface area (Å²) < 4.78 is 10.7. The summed E-state index contributed by atoms with van der Waals surface area (Å²) in [5, 5.41) is 0.119. The molecule has 2 aromatic rings. The summed E-state index contributed by atoms with van der Waals surface area (Å²) in [5.74, 6) is -0.130. The van der Waals surface area contributed by atoms with Crippen LogP contribution >= 0.6 is 23.4 Å². The van der Waals surface area contributed by atoms with Gasteiger partial charge in [0.05, 0.1) is 18.0 Å². The Bertz CT molecular complexity index is 875. The summed E-state index contributed by atoms with van der Waals surface area (Å²) in [6.45, 7) is 1.88. The normalized spacial score (nSPS) is 19.0. The number of carbonyl (C=O) groups excluding carboxylic acids is 2. The van der Waals surface area contributed by atoms with Crippen molar-refractivity contribution >= 4 is 40.9 Å². The first-order valence-electron chi connectivity index (χ1n) is 8.73. The quantitative estimate of drug-likeness (QED) is 0.746. The minimum absolute atomic E-state index is 0.276. The van der Waals surface area contributed by atoms with Crippen LogP contribution < -0.4 is 15.4 Å². The van der Waals surface area contributed by atoms with Gasteiger partial charge in [-0.1, -0.05) is 23.7 Å².